The summed E-state index contributed by atoms with van der Waals surface area (Å²) in [6.07, 6.45) is 6.31. The van der Waals surface area contributed by atoms with Crippen molar-refractivity contribution >= 4 is 11.9 Å². The normalized spacial score (nSPS) is 14.5. The van der Waals surface area contributed by atoms with Crippen molar-refractivity contribution in [3.05, 3.63) is 54.6 Å². The van der Waals surface area contributed by atoms with E-state index in [9.17, 15) is 4.79 Å². The number of hydrogen-bond donors (Lipinski definition) is 0. The van der Waals surface area contributed by atoms with Crippen LogP contribution in [0.15, 0.2) is 49.1 Å². The van der Waals surface area contributed by atoms with Gasteiger partial charge in [0.2, 0.25) is 0 Å². The van der Waals surface area contributed by atoms with Crippen LogP contribution in [0.5, 0.6) is 0 Å². The minimum absolute atomic E-state index is 0.0490. The van der Waals surface area contributed by atoms with Crippen molar-refractivity contribution in [3.8, 4) is 0 Å². The minimum atomic E-state index is 0.0490. The molecule has 0 aliphatic heterocycles. The second kappa shape index (κ2) is 6.85. The van der Waals surface area contributed by atoms with E-state index in [0.717, 1.165) is 12.0 Å². The summed E-state index contributed by atoms with van der Waals surface area (Å²) < 4.78 is 0. The maximum Gasteiger partial charge on any atom is 0.158 e. The monoisotopic (exact) mass is 228 g/mol. The molecule has 2 atom stereocenters. The third-order valence-corrected chi connectivity index (χ3v) is 3.08. The summed E-state index contributed by atoms with van der Waals surface area (Å²) in [6, 6.07) is 9.87. The lowest BCUT2D eigenvalue weighted by atomic mass is 9.89. The summed E-state index contributed by atoms with van der Waals surface area (Å²) in [5.74, 6) is 0.580. The maximum atomic E-state index is 11.9. The molecule has 0 aliphatic carbocycles. The molecule has 0 aromatic heterocycles. The molecule has 17 heavy (non-hydrogen) atoms. The molecular weight excluding hydrogens is 208 g/mol. The van der Waals surface area contributed by atoms with E-state index in [0.29, 0.717) is 5.92 Å². The molecule has 1 rings (SSSR count). The molecule has 1 aromatic carbocycles. The van der Waals surface area contributed by atoms with Gasteiger partial charge in [0.25, 0.3) is 0 Å². The Kier molecular flexibility index (Phi) is 5.41. The van der Waals surface area contributed by atoms with Crippen LogP contribution < -0.4 is 0 Å². The SMILES string of the molecule is C=CCC(C)C(C)C(=O)/C=C/c1ccccc1. The summed E-state index contributed by atoms with van der Waals surface area (Å²) in [7, 11) is 0. The van der Waals surface area contributed by atoms with Gasteiger partial charge in [-0.15, -0.1) is 6.58 Å². The highest BCUT2D eigenvalue weighted by atomic mass is 16.1. The molecule has 0 amide bonds. The summed E-state index contributed by atoms with van der Waals surface area (Å²) >= 11 is 0. The van der Waals surface area contributed by atoms with E-state index in [1.54, 1.807) is 6.08 Å². The van der Waals surface area contributed by atoms with Gasteiger partial charge < -0.3 is 0 Å². The van der Waals surface area contributed by atoms with Crippen molar-refractivity contribution < 1.29 is 4.79 Å². The van der Waals surface area contributed by atoms with Crippen LogP contribution in [0.25, 0.3) is 6.08 Å². The Morgan fingerprint density at radius 2 is 1.94 bits per heavy atom. The summed E-state index contributed by atoms with van der Waals surface area (Å²) in [4.78, 5) is 11.9. The zero-order valence-corrected chi connectivity index (χ0v) is 10.6. The highest BCUT2D eigenvalue weighted by Gasteiger charge is 2.16. The van der Waals surface area contributed by atoms with Gasteiger partial charge in [-0.3, -0.25) is 4.79 Å². The van der Waals surface area contributed by atoms with Gasteiger partial charge in [-0.1, -0.05) is 56.3 Å². The molecule has 0 fully saturated rings. The third-order valence-electron chi connectivity index (χ3n) is 3.08. The molecule has 0 saturated heterocycles. The molecule has 1 nitrogen and oxygen atoms in total. The first kappa shape index (κ1) is 13.4. The Hall–Kier alpha value is -1.63. The number of ketones is 1. The summed E-state index contributed by atoms with van der Waals surface area (Å²) in [5.41, 5.74) is 1.06. The van der Waals surface area contributed by atoms with Crippen LogP contribution in [0.2, 0.25) is 0 Å². The van der Waals surface area contributed by atoms with Crippen LogP contribution in [-0.2, 0) is 4.79 Å². The minimum Gasteiger partial charge on any atom is -0.295 e. The summed E-state index contributed by atoms with van der Waals surface area (Å²) in [5, 5.41) is 0. The average molecular weight is 228 g/mol. The fraction of sp³-hybridized carbons (Fsp3) is 0.312. The molecule has 1 aromatic rings. The molecular formula is C16H20O. The van der Waals surface area contributed by atoms with Gasteiger partial charge in [0, 0.05) is 5.92 Å². The number of carbonyl (C=O) groups excluding carboxylic acids is 1. The number of allylic oxidation sites excluding steroid dienone is 2. The predicted molar refractivity (Wildman–Crippen MR) is 73.6 cm³/mol. The molecule has 0 N–H and O–H groups in total. The van der Waals surface area contributed by atoms with E-state index in [-0.39, 0.29) is 11.7 Å². The Labute approximate surface area is 104 Å². The second-order valence-electron chi connectivity index (χ2n) is 4.44. The average Bonchev–Trinajstić information content (AvgIpc) is 2.36. The van der Waals surface area contributed by atoms with Crippen LogP contribution >= 0.6 is 0 Å². The van der Waals surface area contributed by atoms with Crippen molar-refractivity contribution in [3.63, 3.8) is 0 Å². The number of carbonyl (C=O) groups is 1. The predicted octanol–water partition coefficient (Wildman–Crippen LogP) is 4.12. The first-order valence-electron chi connectivity index (χ1n) is 6.03. The first-order chi connectivity index (χ1) is 8.15. The third kappa shape index (κ3) is 4.39. The quantitative estimate of drug-likeness (QED) is 0.529. The maximum absolute atomic E-state index is 11.9. The van der Waals surface area contributed by atoms with Gasteiger partial charge in [-0.25, -0.2) is 0 Å². The molecule has 90 valence electrons. The zero-order chi connectivity index (χ0) is 12.7. The lowest BCUT2D eigenvalue weighted by Gasteiger charge is -2.14. The zero-order valence-electron chi connectivity index (χ0n) is 10.6. The van der Waals surface area contributed by atoms with Crippen molar-refractivity contribution in [1.82, 2.24) is 0 Å². The molecule has 2 unspecified atom stereocenters. The fourth-order valence-electron chi connectivity index (χ4n) is 1.64. The molecule has 0 spiro atoms. The standard InChI is InChI=1S/C16H20O/c1-4-8-13(2)14(3)16(17)12-11-15-9-6-5-7-10-15/h4-7,9-14H,1,8H2,2-3H3/b12-11+. The number of benzene rings is 1. The van der Waals surface area contributed by atoms with E-state index in [2.05, 4.69) is 13.5 Å². The lowest BCUT2D eigenvalue weighted by Crippen LogP contribution is -2.16. The van der Waals surface area contributed by atoms with Crippen molar-refractivity contribution in [1.29, 1.82) is 0 Å². The topological polar surface area (TPSA) is 17.1 Å². The van der Waals surface area contributed by atoms with Crippen LogP contribution in [0.3, 0.4) is 0 Å². The van der Waals surface area contributed by atoms with E-state index in [1.165, 1.54) is 0 Å². The van der Waals surface area contributed by atoms with E-state index in [1.807, 2.05) is 49.4 Å². The first-order valence-corrected chi connectivity index (χ1v) is 6.03. The Balaban J connectivity index is 2.60. The molecule has 0 bridgehead atoms. The Morgan fingerprint density at radius 1 is 1.29 bits per heavy atom. The van der Waals surface area contributed by atoms with Crippen LogP contribution in [0.1, 0.15) is 25.8 Å². The van der Waals surface area contributed by atoms with Gasteiger partial charge in [-0.2, -0.15) is 0 Å². The number of rotatable bonds is 6. The van der Waals surface area contributed by atoms with Crippen LogP contribution in [0, 0.1) is 11.8 Å². The Bertz CT molecular complexity index is 389. The van der Waals surface area contributed by atoms with Gasteiger partial charge in [0.1, 0.15) is 0 Å². The van der Waals surface area contributed by atoms with E-state index >= 15 is 0 Å². The van der Waals surface area contributed by atoms with Crippen LogP contribution in [0.4, 0.5) is 0 Å². The van der Waals surface area contributed by atoms with Crippen molar-refractivity contribution in [2.45, 2.75) is 20.3 Å². The molecule has 0 aliphatic rings. The molecule has 0 saturated carbocycles. The number of hydrogen-bond acceptors (Lipinski definition) is 1. The largest absolute Gasteiger partial charge is 0.295 e. The van der Waals surface area contributed by atoms with E-state index in [4.69, 9.17) is 0 Å². The lowest BCUT2D eigenvalue weighted by molar-refractivity contribution is -0.118. The van der Waals surface area contributed by atoms with Crippen LogP contribution in [-0.4, -0.2) is 5.78 Å². The smallest absolute Gasteiger partial charge is 0.158 e. The molecule has 0 heterocycles. The second-order valence-corrected chi connectivity index (χ2v) is 4.44. The van der Waals surface area contributed by atoms with Gasteiger partial charge in [0.05, 0.1) is 0 Å². The molecule has 0 radical (unpaired) electrons. The highest BCUT2D eigenvalue weighted by molar-refractivity contribution is 5.95. The van der Waals surface area contributed by atoms with Gasteiger partial charge in [0.15, 0.2) is 5.78 Å². The van der Waals surface area contributed by atoms with Crippen molar-refractivity contribution in [2.75, 3.05) is 0 Å². The highest BCUT2D eigenvalue weighted by Crippen LogP contribution is 2.17. The Morgan fingerprint density at radius 3 is 2.53 bits per heavy atom. The van der Waals surface area contributed by atoms with Gasteiger partial charge in [-0.05, 0) is 24.0 Å². The fourth-order valence-corrected chi connectivity index (χ4v) is 1.64. The summed E-state index contributed by atoms with van der Waals surface area (Å²) in [6.45, 7) is 7.77. The van der Waals surface area contributed by atoms with Gasteiger partial charge >= 0.3 is 0 Å². The van der Waals surface area contributed by atoms with E-state index < -0.39 is 0 Å². The molecule has 1 heteroatoms. The van der Waals surface area contributed by atoms with Crippen molar-refractivity contribution in [2.24, 2.45) is 11.8 Å².